The molecule has 2 saturated heterocycles. The smallest absolute Gasteiger partial charge is 0.305 e. The molecule has 0 aromatic carbocycles. The zero-order valence-electron chi connectivity index (χ0n) is 14.0. The van der Waals surface area contributed by atoms with Gasteiger partial charge in [-0.15, -0.1) is 0 Å². The van der Waals surface area contributed by atoms with E-state index in [0.29, 0.717) is 19.1 Å². The maximum atomic E-state index is 12.4. The Hall–Kier alpha value is -1.63. The number of aliphatic carboxylic acids is 1. The highest BCUT2D eigenvalue weighted by molar-refractivity contribution is 5.89. The highest BCUT2D eigenvalue weighted by Crippen LogP contribution is 2.24. The maximum Gasteiger partial charge on any atom is 0.305 e. The quantitative estimate of drug-likeness (QED) is 0.726. The van der Waals surface area contributed by atoms with Gasteiger partial charge < -0.3 is 14.9 Å². The molecule has 0 aliphatic carbocycles. The van der Waals surface area contributed by atoms with Crippen molar-refractivity contribution in [1.82, 2.24) is 14.7 Å². The fourth-order valence-corrected chi connectivity index (χ4v) is 3.57. The number of carboxylic acids is 1. The third-order valence-corrected chi connectivity index (χ3v) is 4.94. The number of likely N-dealkylation sites (N-methyl/N-ethyl adjacent to an activating group) is 1. The van der Waals surface area contributed by atoms with Gasteiger partial charge in [0.2, 0.25) is 11.8 Å². The molecule has 2 rings (SSSR count). The van der Waals surface area contributed by atoms with Crippen molar-refractivity contribution in [2.75, 3.05) is 39.8 Å². The van der Waals surface area contributed by atoms with Gasteiger partial charge in [0.15, 0.2) is 0 Å². The molecule has 130 valence electrons. The molecule has 2 fully saturated rings. The van der Waals surface area contributed by atoms with E-state index in [0.717, 1.165) is 19.5 Å². The Kier molecular flexibility index (Phi) is 5.98. The van der Waals surface area contributed by atoms with Crippen molar-refractivity contribution in [1.29, 1.82) is 0 Å². The Balaban J connectivity index is 1.86. The third-order valence-electron chi connectivity index (χ3n) is 4.94. The SMILES string of the molecule is CCN1CCC[C@@H]1CN1C[C@H](C(=O)N(C)CCC(=O)O)CC1=O. The van der Waals surface area contributed by atoms with Gasteiger partial charge in [0.05, 0.1) is 12.3 Å². The van der Waals surface area contributed by atoms with Gasteiger partial charge in [0.1, 0.15) is 0 Å². The maximum absolute atomic E-state index is 12.4. The highest BCUT2D eigenvalue weighted by atomic mass is 16.4. The molecule has 0 saturated carbocycles. The summed E-state index contributed by atoms with van der Waals surface area (Å²) < 4.78 is 0. The van der Waals surface area contributed by atoms with Crippen LogP contribution in [-0.4, -0.2) is 83.4 Å². The first-order valence-corrected chi connectivity index (χ1v) is 8.41. The molecule has 0 radical (unpaired) electrons. The number of likely N-dealkylation sites (tertiary alicyclic amines) is 2. The Labute approximate surface area is 137 Å². The second kappa shape index (κ2) is 7.77. The Morgan fingerprint density at radius 3 is 2.78 bits per heavy atom. The Morgan fingerprint density at radius 1 is 1.39 bits per heavy atom. The number of nitrogens with zero attached hydrogens (tertiary/aromatic N) is 3. The van der Waals surface area contributed by atoms with E-state index >= 15 is 0 Å². The molecular formula is C16H27N3O4. The van der Waals surface area contributed by atoms with E-state index in [9.17, 15) is 14.4 Å². The Morgan fingerprint density at radius 2 is 2.13 bits per heavy atom. The van der Waals surface area contributed by atoms with Gasteiger partial charge in [-0.2, -0.15) is 0 Å². The average molecular weight is 325 g/mol. The molecule has 7 nitrogen and oxygen atoms in total. The van der Waals surface area contributed by atoms with Crippen molar-refractivity contribution in [2.45, 2.75) is 38.6 Å². The fraction of sp³-hybridized carbons (Fsp3) is 0.812. The Bertz CT molecular complexity index is 468. The predicted molar refractivity (Wildman–Crippen MR) is 84.8 cm³/mol. The summed E-state index contributed by atoms with van der Waals surface area (Å²) in [6, 6.07) is 0.405. The monoisotopic (exact) mass is 325 g/mol. The number of hydrogen-bond donors (Lipinski definition) is 1. The van der Waals surface area contributed by atoms with Gasteiger partial charge >= 0.3 is 5.97 Å². The molecule has 0 unspecified atom stereocenters. The van der Waals surface area contributed by atoms with E-state index in [-0.39, 0.29) is 37.1 Å². The highest BCUT2D eigenvalue weighted by Gasteiger charge is 2.37. The number of carboxylic acid groups (broad SMARTS) is 1. The fourth-order valence-electron chi connectivity index (χ4n) is 3.57. The van der Waals surface area contributed by atoms with E-state index in [2.05, 4.69) is 11.8 Å². The normalized spacial score (nSPS) is 25.1. The minimum Gasteiger partial charge on any atom is -0.481 e. The summed E-state index contributed by atoms with van der Waals surface area (Å²) in [6.07, 6.45) is 2.45. The lowest BCUT2D eigenvalue weighted by Gasteiger charge is -2.28. The topological polar surface area (TPSA) is 81.2 Å². The van der Waals surface area contributed by atoms with Gasteiger partial charge in [-0.05, 0) is 25.9 Å². The molecule has 0 spiro atoms. The molecular weight excluding hydrogens is 298 g/mol. The van der Waals surface area contributed by atoms with Crippen LogP contribution in [0.25, 0.3) is 0 Å². The largest absolute Gasteiger partial charge is 0.481 e. The second-order valence-electron chi connectivity index (χ2n) is 6.53. The first-order chi connectivity index (χ1) is 10.9. The zero-order chi connectivity index (χ0) is 17.0. The van der Waals surface area contributed by atoms with Gasteiger partial charge in [-0.1, -0.05) is 6.92 Å². The van der Waals surface area contributed by atoms with E-state index in [1.54, 1.807) is 7.05 Å². The summed E-state index contributed by atoms with van der Waals surface area (Å²) in [7, 11) is 1.61. The van der Waals surface area contributed by atoms with Crippen LogP contribution in [0.4, 0.5) is 0 Å². The molecule has 1 N–H and O–H groups in total. The second-order valence-corrected chi connectivity index (χ2v) is 6.53. The minimum absolute atomic E-state index is 0.0398. The summed E-state index contributed by atoms with van der Waals surface area (Å²) in [5.41, 5.74) is 0. The van der Waals surface area contributed by atoms with Crippen LogP contribution in [0.1, 0.15) is 32.6 Å². The van der Waals surface area contributed by atoms with Gasteiger partial charge in [0, 0.05) is 39.1 Å². The molecule has 2 heterocycles. The zero-order valence-corrected chi connectivity index (χ0v) is 14.0. The predicted octanol–water partition coefficient (Wildman–Crippen LogP) is 0.252. The van der Waals surface area contributed by atoms with E-state index in [1.807, 2.05) is 4.90 Å². The lowest BCUT2D eigenvalue weighted by Crippen LogP contribution is -2.41. The molecule has 0 aromatic rings. The number of amides is 2. The van der Waals surface area contributed by atoms with E-state index in [1.165, 1.54) is 11.3 Å². The number of carbonyl (C=O) groups is 3. The molecule has 7 heteroatoms. The molecule has 2 aliphatic rings. The summed E-state index contributed by atoms with van der Waals surface area (Å²) in [5.74, 6) is -1.34. The first kappa shape index (κ1) is 17.7. The van der Waals surface area contributed by atoms with Crippen molar-refractivity contribution < 1.29 is 19.5 Å². The standard InChI is InChI=1S/C16H27N3O4/c1-3-18-7-4-5-13(18)11-19-10-12(9-14(19)20)16(23)17(2)8-6-15(21)22/h12-13H,3-11H2,1-2H3,(H,21,22)/t12-,13-/m1/s1. The van der Waals surface area contributed by atoms with Crippen LogP contribution in [0.15, 0.2) is 0 Å². The van der Waals surface area contributed by atoms with Crippen LogP contribution in [-0.2, 0) is 14.4 Å². The number of hydrogen-bond acceptors (Lipinski definition) is 4. The van der Waals surface area contributed by atoms with Gasteiger partial charge in [-0.3, -0.25) is 19.3 Å². The summed E-state index contributed by atoms with van der Waals surface area (Å²) in [6.45, 7) is 5.56. The number of rotatable bonds is 7. The van der Waals surface area contributed by atoms with Crippen LogP contribution >= 0.6 is 0 Å². The van der Waals surface area contributed by atoms with Crippen LogP contribution in [0, 0.1) is 5.92 Å². The van der Waals surface area contributed by atoms with Crippen molar-refractivity contribution >= 4 is 17.8 Å². The lowest BCUT2D eigenvalue weighted by atomic mass is 10.1. The van der Waals surface area contributed by atoms with Crippen LogP contribution < -0.4 is 0 Å². The summed E-state index contributed by atoms with van der Waals surface area (Å²) in [5, 5.41) is 8.70. The molecule has 2 amide bonds. The van der Waals surface area contributed by atoms with Crippen LogP contribution in [0.2, 0.25) is 0 Å². The van der Waals surface area contributed by atoms with E-state index < -0.39 is 5.97 Å². The van der Waals surface area contributed by atoms with Crippen molar-refractivity contribution in [3.05, 3.63) is 0 Å². The third kappa shape index (κ3) is 4.43. The first-order valence-electron chi connectivity index (χ1n) is 8.41. The van der Waals surface area contributed by atoms with Crippen LogP contribution in [0.3, 0.4) is 0 Å². The number of carbonyl (C=O) groups excluding carboxylic acids is 2. The van der Waals surface area contributed by atoms with Gasteiger partial charge in [-0.25, -0.2) is 0 Å². The van der Waals surface area contributed by atoms with Crippen molar-refractivity contribution in [3.8, 4) is 0 Å². The molecule has 0 aromatic heterocycles. The minimum atomic E-state index is -0.922. The van der Waals surface area contributed by atoms with Crippen molar-refractivity contribution in [2.24, 2.45) is 5.92 Å². The summed E-state index contributed by atoms with van der Waals surface area (Å²) in [4.78, 5) is 40.8. The molecule has 23 heavy (non-hydrogen) atoms. The average Bonchev–Trinajstić information content (AvgIpc) is 3.11. The summed E-state index contributed by atoms with van der Waals surface area (Å²) >= 11 is 0. The van der Waals surface area contributed by atoms with Gasteiger partial charge in [0.25, 0.3) is 0 Å². The lowest BCUT2D eigenvalue weighted by molar-refractivity contribution is -0.139. The molecule has 2 aliphatic heterocycles. The van der Waals surface area contributed by atoms with E-state index in [4.69, 9.17) is 5.11 Å². The van der Waals surface area contributed by atoms with Crippen LogP contribution in [0.5, 0.6) is 0 Å². The molecule has 2 atom stereocenters. The molecule has 0 bridgehead atoms. The van der Waals surface area contributed by atoms with Crippen molar-refractivity contribution in [3.63, 3.8) is 0 Å².